The Morgan fingerprint density at radius 1 is 1.28 bits per heavy atom. The maximum Gasteiger partial charge on any atom is 0.352 e. The molecular weight excluding hydrogens is 548 g/mol. The molecule has 2 aliphatic heterocycles. The number of anilines is 1. The molecule has 0 radical (unpaired) electrons. The summed E-state index contributed by atoms with van der Waals surface area (Å²) in [6, 6.07) is 2.48. The van der Waals surface area contributed by atoms with E-state index in [0.717, 1.165) is 42.8 Å². The number of rotatable bonds is 10. The number of carboxylic acids is 1. The number of carbonyl (C=O) groups excluding carboxylic acids is 2. The van der Waals surface area contributed by atoms with Crippen LogP contribution >= 0.6 is 23.3 Å². The van der Waals surface area contributed by atoms with E-state index in [2.05, 4.69) is 25.0 Å². The maximum absolute atomic E-state index is 13.2. The number of carboxylic acid groups (broad SMARTS) is 1. The largest absolute Gasteiger partial charge is 0.477 e. The Morgan fingerprint density at radius 2 is 2.03 bits per heavy atom. The van der Waals surface area contributed by atoms with E-state index in [1.54, 1.807) is 29.1 Å². The van der Waals surface area contributed by atoms with E-state index in [4.69, 9.17) is 10.6 Å². The Balaban J connectivity index is 1.31. The zero-order valence-electron chi connectivity index (χ0n) is 20.6. The number of hydrogen-bond acceptors (Lipinski definition) is 12. The minimum atomic E-state index is -1.23. The summed E-state index contributed by atoms with van der Waals surface area (Å²) in [5, 5.41) is 19.0. The Hall–Kier alpha value is -3.92. The first-order chi connectivity index (χ1) is 18.9. The molecule has 39 heavy (non-hydrogen) atoms. The van der Waals surface area contributed by atoms with Gasteiger partial charge in [0.25, 0.3) is 11.8 Å². The van der Waals surface area contributed by atoms with Gasteiger partial charge in [0.1, 0.15) is 29.8 Å². The summed E-state index contributed by atoms with van der Waals surface area (Å²) >= 11 is 2.25. The number of hydrogen-bond donors (Lipinski definition) is 3. The second-order valence-corrected chi connectivity index (χ2v) is 11.1. The molecule has 1 saturated heterocycles. The molecule has 1 saturated carbocycles. The number of carbonyl (C=O) groups is 3. The van der Waals surface area contributed by atoms with Crippen molar-refractivity contribution in [2.24, 2.45) is 10.3 Å². The predicted octanol–water partition coefficient (Wildman–Crippen LogP) is 0.776. The van der Waals surface area contributed by atoms with Crippen molar-refractivity contribution in [1.82, 2.24) is 19.6 Å². The van der Waals surface area contributed by atoms with Crippen LogP contribution in [0, 0.1) is 4.91 Å². The molecule has 0 spiro atoms. The normalized spacial score (nSPS) is 21.4. The molecule has 16 heteroatoms. The molecule has 2 fully saturated rings. The van der Waals surface area contributed by atoms with Crippen LogP contribution in [0.1, 0.15) is 37.1 Å². The van der Waals surface area contributed by atoms with Crippen LogP contribution in [-0.2, 0) is 32.3 Å². The topological polar surface area (TPSA) is 193 Å². The molecule has 1 unspecified atom stereocenters. The highest BCUT2D eigenvalue weighted by atomic mass is 32.2. The van der Waals surface area contributed by atoms with Gasteiger partial charge in [-0.1, -0.05) is 10.3 Å². The van der Waals surface area contributed by atoms with E-state index in [1.807, 2.05) is 0 Å². The number of nitroso groups, excluding NO2 is 1. The first kappa shape index (κ1) is 26.7. The van der Waals surface area contributed by atoms with E-state index >= 15 is 0 Å². The second-order valence-electron chi connectivity index (χ2n) is 9.19. The van der Waals surface area contributed by atoms with Crippen molar-refractivity contribution in [3.8, 4) is 0 Å². The van der Waals surface area contributed by atoms with E-state index in [0.29, 0.717) is 11.3 Å². The summed E-state index contributed by atoms with van der Waals surface area (Å²) in [6.07, 6.45) is 7.00. The van der Waals surface area contributed by atoms with Crippen LogP contribution in [-0.4, -0.2) is 66.1 Å². The highest BCUT2D eigenvalue weighted by molar-refractivity contribution is 8.00. The van der Waals surface area contributed by atoms with Gasteiger partial charge in [0.05, 0.1) is 0 Å². The zero-order chi connectivity index (χ0) is 27.5. The Kier molecular flexibility index (Phi) is 7.83. The fraction of sp³-hybridized carbons (Fsp3) is 0.435. The lowest BCUT2D eigenvalue weighted by atomic mass is 10.0. The first-order valence-corrected chi connectivity index (χ1v) is 14.0. The molecule has 5 rings (SSSR count). The number of aliphatic carboxylic acids is 1. The van der Waals surface area contributed by atoms with E-state index in [-0.39, 0.29) is 41.6 Å². The average molecular weight is 574 g/mol. The van der Waals surface area contributed by atoms with Gasteiger partial charge in [-0.2, -0.15) is 14.3 Å². The molecule has 3 aliphatic rings. The third kappa shape index (κ3) is 5.61. The lowest BCUT2D eigenvalue weighted by Crippen LogP contribution is -2.71. The number of nitrogens with zero attached hydrogens (tertiary/aromatic N) is 6. The molecule has 2 aromatic rings. The summed E-state index contributed by atoms with van der Waals surface area (Å²) in [6.45, 7) is 0.283. The minimum absolute atomic E-state index is 0.00621. The molecule has 2 amide bonds. The molecule has 2 atom stereocenters. The molecule has 0 bridgehead atoms. The Bertz CT molecular complexity index is 1350. The van der Waals surface area contributed by atoms with Crippen LogP contribution in [0.5, 0.6) is 0 Å². The minimum Gasteiger partial charge on any atom is -0.477 e. The zero-order valence-corrected chi connectivity index (χ0v) is 22.2. The van der Waals surface area contributed by atoms with Crippen molar-refractivity contribution in [2.75, 3.05) is 11.5 Å². The maximum atomic E-state index is 13.2. The molecule has 2 aromatic heterocycles. The number of oxime groups is 1. The number of thioether (sulfide) groups is 1. The number of β-lactam (4-membered cyclic amide) rings is 1. The molecule has 14 nitrogen and oxygen atoms in total. The lowest BCUT2D eigenvalue weighted by Gasteiger charge is -2.49. The number of pyridine rings is 1. The number of nitrogens with two attached hydrogens (primary N) is 1. The third-order valence-electron chi connectivity index (χ3n) is 6.58. The van der Waals surface area contributed by atoms with Gasteiger partial charge in [0, 0.05) is 35.0 Å². The monoisotopic (exact) mass is 573 g/mol. The van der Waals surface area contributed by atoms with Crippen LogP contribution in [0.4, 0.5) is 5.13 Å². The quantitative estimate of drug-likeness (QED) is 0.120. The van der Waals surface area contributed by atoms with E-state index in [9.17, 15) is 24.4 Å². The van der Waals surface area contributed by atoms with Gasteiger partial charge < -0.3 is 21.0 Å². The fourth-order valence-electron chi connectivity index (χ4n) is 4.64. The predicted molar refractivity (Wildman–Crippen MR) is 140 cm³/mol. The van der Waals surface area contributed by atoms with E-state index in [1.165, 1.54) is 16.7 Å². The fourth-order valence-corrected chi connectivity index (χ4v) is 6.41. The van der Waals surface area contributed by atoms with Crippen molar-refractivity contribution in [3.63, 3.8) is 0 Å². The molecule has 204 valence electrons. The molecule has 4 heterocycles. The van der Waals surface area contributed by atoms with Gasteiger partial charge in [0.15, 0.2) is 24.1 Å². The number of nitrogens with one attached hydrogen (secondary N) is 1. The van der Waals surface area contributed by atoms with Crippen molar-refractivity contribution in [3.05, 3.63) is 52.1 Å². The van der Waals surface area contributed by atoms with Crippen LogP contribution in [0.25, 0.3) is 0 Å². The SMILES string of the molecule is Nc1nc(C(=NOC2CCCC2)C(=O)NC2C(=O)N3C(C(=O)O)=C(C[n+]4ccc(CN=O)cc4)CS[C@@H]23)ns1. The molecule has 0 aromatic carbocycles. The average Bonchev–Trinajstić information content (AvgIpc) is 3.60. The Morgan fingerprint density at radius 3 is 2.67 bits per heavy atom. The summed E-state index contributed by atoms with van der Waals surface area (Å²) in [5.74, 6) is -2.16. The summed E-state index contributed by atoms with van der Waals surface area (Å²) in [5.41, 5.74) is 6.67. The van der Waals surface area contributed by atoms with Crippen LogP contribution < -0.4 is 15.6 Å². The summed E-state index contributed by atoms with van der Waals surface area (Å²) < 4.78 is 5.82. The second kappa shape index (κ2) is 11.4. The van der Waals surface area contributed by atoms with Crippen molar-refractivity contribution in [2.45, 2.75) is 56.3 Å². The number of aromatic nitrogens is 3. The standard InChI is InChI=1S/C23H24N8O6S2/c24-23-27-18(29-39-23)15(28-37-14-3-1-2-4-14)19(32)26-16-20(33)31-17(22(34)35)13(11-38-21(16)31)10-30-7-5-12(6-8-30)9-25-36/h5-8,14,16,21H,1-4,9-11H2,(H3-,24,26,27,29,32,34,35)/p+1/t16?,21-/m0/s1. The first-order valence-electron chi connectivity index (χ1n) is 12.2. The highest BCUT2D eigenvalue weighted by Gasteiger charge is 2.55. The van der Waals surface area contributed by atoms with Gasteiger partial charge in [-0.25, -0.2) is 9.36 Å². The van der Waals surface area contributed by atoms with Gasteiger partial charge in [-0.3, -0.25) is 14.5 Å². The van der Waals surface area contributed by atoms with Gasteiger partial charge >= 0.3 is 5.97 Å². The van der Waals surface area contributed by atoms with Crippen molar-refractivity contribution < 1.29 is 28.9 Å². The number of nitrogen functional groups attached to an aromatic ring is 1. The number of amides is 2. The van der Waals surface area contributed by atoms with E-state index < -0.39 is 29.2 Å². The van der Waals surface area contributed by atoms with Gasteiger partial charge in [0.2, 0.25) is 11.5 Å². The highest BCUT2D eigenvalue weighted by Crippen LogP contribution is 2.40. The third-order valence-corrected chi connectivity index (χ3v) is 8.46. The summed E-state index contributed by atoms with van der Waals surface area (Å²) in [4.78, 5) is 59.8. The molecular formula is C23H25N8O6S2+. The van der Waals surface area contributed by atoms with Crippen LogP contribution in [0.15, 0.2) is 46.1 Å². The van der Waals surface area contributed by atoms with Crippen molar-refractivity contribution in [1.29, 1.82) is 0 Å². The van der Waals surface area contributed by atoms with Crippen LogP contribution in [0.2, 0.25) is 0 Å². The number of fused-ring (bicyclic) bond motifs is 1. The van der Waals surface area contributed by atoms with Crippen molar-refractivity contribution >= 4 is 51.9 Å². The summed E-state index contributed by atoms with van der Waals surface area (Å²) in [7, 11) is 0. The molecule has 1 aliphatic carbocycles. The van der Waals surface area contributed by atoms with Gasteiger partial charge in [-0.15, -0.1) is 11.8 Å². The van der Waals surface area contributed by atoms with Gasteiger partial charge in [-0.05, 0) is 31.2 Å². The van der Waals surface area contributed by atoms with Crippen LogP contribution in [0.3, 0.4) is 0 Å². The lowest BCUT2D eigenvalue weighted by molar-refractivity contribution is -0.689. The molecule has 4 N–H and O–H groups in total. The smallest absolute Gasteiger partial charge is 0.352 e. The Labute approximate surface area is 230 Å².